The van der Waals surface area contributed by atoms with Crippen LogP contribution in [-0.4, -0.2) is 29.1 Å². The van der Waals surface area contributed by atoms with Gasteiger partial charge in [-0.1, -0.05) is 19.3 Å². The summed E-state index contributed by atoms with van der Waals surface area (Å²) in [5.74, 6) is 1.09. The first-order valence-corrected chi connectivity index (χ1v) is 7.61. The van der Waals surface area contributed by atoms with Crippen molar-refractivity contribution in [2.45, 2.75) is 63.6 Å². The first-order valence-electron chi connectivity index (χ1n) is 7.61. The van der Waals surface area contributed by atoms with Crippen LogP contribution in [0, 0.1) is 0 Å². The molecule has 1 aromatic rings. The van der Waals surface area contributed by atoms with E-state index in [1.54, 1.807) is 6.26 Å². The molecule has 0 atom stereocenters. The lowest BCUT2D eigenvalue weighted by Crippen LogP contribution is -2.69. The number of piperazine rings is 1. The van der Waals surface area contributed by atoms with Crippen LogP contribution in [0.1, 0.15) is 51.7 Å². The summed E-state index contributed by atoms with van der Waals surface area (Å²) in [7, 11) is 0. The highest BCUT2D eigenvalue weighted by atomic mass is 16.3. The first kappa shape index (κ1) is 13.2. The maximum atomic E-state index is 5.52. The minimum Gasteiger partial charge on any atom is -0.468 e. The fourth-order valence-corrected chi connectivity index (χ4v) is 4.09. The molecule has 1 aliphatic carbocycles. The van der Waals surface area contributed by atoms with Gasteiger partial charge in [-0.3, -0.25) is 4.90 Å². The quantitative estimate of drug-likeness (QED) is 0.887. The van der Waals surface area contributed by atoms with Crippen molar-refractivity contribution in [1.29, 1.82) is 0 Å². The Kier molecular flexibility index (Phi) is 3.44. The average molecular weight is 262 g/mol. The van der Waals surface area contributed by atoms with E-state index in [4.69, 9.17) is 4.42 Å². The zero-order valence-corrected chi connectivity index (χ0v) is 12.2. The third-order valence-corrected chi connectivity index (χ3v) is 4.52. The van der Waals surface area contributed by atoms with Crippen molar-refractivity contribution in [2.75, 3.05) is 13.1 Å². The molecule has 3 heteroatoms. The molecule has 0 aromatic carbocycles. The molecule has 0 amide bonds. The molecule has 1 N–H and O–H groups in total. The molecule has 19 heavy (non-hydrogen) atoms. The predicted molar refractivity (Wildman–Crippen MR) is 77.0 cm³/mol. The molecule has 2 fully saturated rings. The predicted octanol–water partition coefficient (Wildman–Crippen LogP) is 3.17. The Morgan fingerprint density at radius 3 is 2.68 bits per heavy atom. The highest BCUT2D eigenvalue weighted by Crippen LogP contribution is 2.34. The molecule has 0 unspecified atom stereocenters. The number of hydrogen-bond acceptors (Lipinski definition) is 3. The summed E-state index contributed by atoms with van der Waals surface area (Å²) in [5, 5.41) is 3.95. The van der Waals surface area contributed by atoms with Crippen LogP contribution >= 0.6 is 0 Å². The second kappa shape index (κ2) is 4.95. The van der Waals surface area contributed by atoms with Gasteiger partial charge in [0.1, 0.15) is 5.76 Å². The topological polar surface area (TPSA) is 28.4 Å². The van der Waals surface area contributed by atoms with Crippen molar-refractivity contribution in [3.05, 3.63) is 24.2 Å². The number of hydrogen-bond donors (Lipinski definition) is 1. The number of nitrogens with zero attached hydrogens (tertiary/aromatic N) is 1. The smallest absolute Gasteiger partial charge is 0.117 e. The molecule has 0 radical (unpaired) electrons. The zero-order valence-electron chi connectivity index (χ0n) is 12.2. The molecule has 1 saturated carbocycles. The van der Waals surface area contributed by atoms with Crippen LogP contribution < -0.4 is 5.32 Å². The van der Waals surface area contributed by atoms with E-state index in [0.717, 1.165) is 25.4 Å². The lowest BCUT2D eigenvalue weighted by Gasteiger charge is -2.53. The summed E-state index contributed by atoms with van der Waals surface area (Å²) in [6, 6.07) is 4.07. The Morgan fingerprint density at radius 2 is 2.00 bits per heavy atom. The van der Waals surface area contributed by atoms with Crippen molar-refractivity contribution in [1.82, 2.24) is 10.2 Å². The third-order valence-electron chi connectivity index (χ3n) is 4.52. The average Bonchev–Trinajstić information content (AvgIpc) is 2.80. The highest BCUT2D eigenvalue weighted by molar-refractivity contribution is 5.06. The van der Waals surface area contributed by atoms with Crippen LogP contribution in [0.5, 0.6) is 0 Å². The van der Waals surface area contributed by atoms with Gasteiger partial charge < -0.3 is 9.73 Å². The Bertz CT molecular complexity index is 404. The Balaban J connectivity index is 1.74. The van der Waals surface area contributed by atoms with Gasteiger partial charge in [-0.2, -0.15) is 0 Å². The van der Waals surface area contributed by atoms with Gasteiger partial charge in [0.2, 0.25) is 0 Å². The van der Waals surface area contributed by atoms with Crippen LogP contribution in [0.25, 0.3) is 0 Å². The number of furan rings is 1. The third kappa shape index (κ3) is 3.03. The van der Waals surface area contributed by atoms with E-state index in [2.05, 4.69) is 30.1 Å². The SMILES string of the molecule is CC1(C)CN(Cc2ccco2)CC2(CCCCC2)N1. The van der Waals surface area contributed by atoms with Crippen LogP contribution in [0.4, 0.5) is 0 Å². The van der Waals surface area contributed by atoms with Gasteiger partial charge in [0.15, 0.2) is 0 Å². The largest absolute Gasteiger partial charge is 0.468 e. The monoisotopic (exact) mass is 262 g/mol. The lowest BCUT2D eigenvalue weighted by atomic mass is 9.77. The van der Waals surface area contributed by atoms with Crippen molar-refractivity contribution in [3.63, 3.8) is 0 Å². The van der Waals surface area contributed by atoms with Gasteiger partial charge in [0.25, 0.3) is 0 Å². The minimum absolute atomic E-state index is 0.197. The lowest BCUT2D eigenvalue weighted by molar-refractivity contribution is 0.0294. The molecule has 1 aromatic heterocycles. The van der Waals surface area contributed by atoms with Crippen LogP contribution in [0.2, 0.25) is 0 Å². The van der Waals surface area contributed by atoms with Crippen LogP contribution in [0.15, 0.2) is 22.8 Å². The van der Waals surface area contributed by atoms with Crippen molar-refractivity contribution in [3.8, 4) is 0 Å². The van der Waals surface area contributed by atoms with Gasteiger partial charge in [-0.15, -0.1) is 0 Å². The summed E-state index contributed by atoms with van der Waals surface area (Å²) < 4.78 is 5.52. The standard InChI is InChI=1S/C16H26N2O/c1-15(2)12-18(11-14-7-6-10-19-14)13-16(17-15)8-4-3-5-9-16/h6-7,10,17H,3-5,8-9,11-13H2,1-2H3. The van der Waals surface area contributed by atoms with Crippen molar-refractivity contribution < 1.29 is 4.42 Å². The van der Waals surface area contributed by atoms with E-state index in [1.165, 1.54) is 32.1 Å². The fourth-order valence-electron chi connectivity index (χ4n) is 4.09. The van der Waals surface area contributed by atoms with Gasteiger partial charge >= 0.3 is 0 Å². The molecule has 3 nitrogen and oxygen atoms in total. The normalized spacial score (nSPS) is 26.6. The van der Waals surface area contributed by atoms with E-state index in [0.29, 0.717) is 5.54 Å². The minimum atomic E-state index is 0.197. The molecule has 2 aliphatic rings. The summed E-state index contributed by atoms with van der Waals surface area (Å²) in [5.41, 5.74) is 0.536. The van der Waals surface area contributed by atoms with E-state index in [1.807, 2.05) is 6.07 Å². The fraction of sp³-hybridized carbons (Fsp3) is 0.750. The van der Waals surface area contributed by atoms with Gasteiger partial charge in [-0.25, -0.2) is 0 Å². The molecule has 2 heterocycles. The van der Waals surface area contributed by atoms with E-state index >= 15 is 0 Å². The molecule has 1 aliphatic heterocycles. The molecular formula is C16H26N2O. The molecule has 0 bridgehead atoms. The first-order chi connectivity index (χ1) is 9.07. The van der Waals surface area contributed by atoms with E-state index in [9.17, 15) is 0 Å². The molecule has 1 saturated heterocycles. The molecule has 3 rings (SSSR count). The maximum absolute atomic E-state index is 5.52. The van der Waals surface area contributed by atoms with Gasteiger partial charge in [0, 0.05) is 24.2 Å². The second-order valence-electron chi connectivity index (χ2n) is 7.07. The zero-order chi connectivity index (χ0) is 13.3. The van der Waals surface area contributed by atoms with E-state index in [-0.39, 0.29) is 5.54 Å². The van der Waals surface area contributed by atoms with Crippen molar-refractivity contribution >= 4 is 0 Å². The summed E-state index contributed by atoms with van der Waals surface area (Å²) >= 11 is 0. The Labute approximate surface area is 116 Å². The van der Waals surface area contributed by atoms with E-state index < -0.39 is 0 Å². The summed E-state index contributed by atoms with van der Waals surface area (Å²) in [6.07, 6.45) is 8.58. The maximum Gasteiger partial charge on any atom is 0.117 e. The van der Waals surface area contributed by atoms with Crippen LogP contribution in [-0.2, 0) is 6.54 Å². The molecular weight excluding hydrogens is 236 g/mol. The Morgan fingerprint density at radius 1 is 1.21 bits per heavy atom. The van der Waals surface area contributed by atoms with Gasteiger partial charge in [0.05, 0.1) is 12.8 Å². The molecule has 1 spiro atoms. The highest BCUT2D eigenvalue weighted by Gasteiger charge is 2.42. The number of rotatable bonds is 2. The summed E-state index contributed by atoms with van der Waals surface area (Å²) in [4.78, 5) is 2.57. The summed E-state index contributed by atoms with van der Waals surface area (Å²) in [6.45, 7) is 7.86. The number of nitrogens with one attached hydrogen (secondary N) is 1. The molecule has 106 valence electrons. The Hall–Kier alpha value is -0.800. The van der Waals surface area contributed by atoms with Gasteiger partial charge in [-0.05, 0) is 38.8 Å². The second-order valence-corrected chi connectivity index (χ2v) is 7.07. The van der Waals surface area contributed by atoms with Crippen LogP contribution in [0.3, 0.4) is 0 Å². The van der Waals surface area contributed by atoms with Crippen molar-refractivity contribution in [2.24, 2.45) is 0 Å².